The van der Waals surface area contributed by atoms with E-state index in [-0.39, 0.29) is 0 Å². The Labute approximate surface area is 150 Å². The van der Waals surface area contributed by atoms with Crippen molar-refractivity contribution >= 4 is 17.0 Å². The topological polar surface area (TPSA) is 65.4 Å². The monoisotopic (exact) mass is 353 g/mol. The van der Waals surface area contributed by atoms with Crippen molar-refractivity contribution in [3.8, 4) is 16.6 Å². The van der Waals surface area contributed by atoms with Gasteiger partial charge in [0.15, 0.2) is 10.8 Å². The van der Waals surface area contributed by atoms with Crippen molar-refractivity contribution < 1.29 is 5.11 Å². The molecule has 1 aromatic carbocycles. The molecule has 0 amide bonds. The van der Waals surface area contributed by atoms with Gasteiger partial charge >= 0.3 is 0 Å². The van der Waals surface area contributed by atoms with Crippen LogP contribution in [-0.2, 0) is 6.54 Å². The van der Waals surface area contributed by atoms with Gasteiger partial charge < -0.3 is 10.0 Å². The van der Waals surface area contributed by atoms with Gasteiger partial charge in [0.05, 0.1) is 5.69 Å². The molecule has 1 N–H and O–H groups in total. The van der Waals surface area contributed by atoms with E-state index in [0.29, 0.717) is 11.6 Å². The van der Waals surface area contributed by atoms with E-state index in [1.165, 1.54) is 0 Å². The third kappa shape index (κ3) is 3.78. The summed E-state index contributed by atoms with van der Waals surface area (Å²) in [7, 11) is 0. The van der Waals surface area contributed by atoms with E-state index in [2.05, 4.69) is 30.1 Å². The Balaban J connectivity index is 1.34. The van der Waals surface area contributed by atoms with Crippen LogP contribution in [0.2, 0.25) is 0 Å². The maximum atomic E-state index is 9.40. The lowest BCUT2D eigenvalue weighted by Gasteiger charge is -2.35. The first-order valence-corrected chi connectivity index (χ1v) is 9.14. The molecule has 1 saturated heterocycles. The number of aromatic hydroxyl groups is 1. The van der Waals surface area contributed by atoms with Gasteiger partial charge in [-0.2, -0.15) is 0 Å². The first-order chi connectivity index (χ1) is 12.3. The molecular weight excluding hydrogens is 334 g/mol. The molecule has 0 atom stereocenters. The Hall–Kier alpha value is -2.51. The summed E-state index contributed by atoms with van der Waals surface area (Å²) in [6, 6.07) is 9.23. The third-order valence-electron chi connectivity index (χ3n) is 4.28. The zero-order chi connectivity index (χ0) is 17.1. The fourth-order valence-electron chi connectivity index (χ4n) is 2.95. The second-order valence-electron chi connectivity index (χ2n) is 6.00. The van der Waals surface area contributed by atoms with Gasteiger partial charge in [-0.1, -0.05) is 0 Å². The van der Waals surface area contributed by atoms with E-state index in [0.717, 1.165) is 49.1 Å². The molecule has 1 fully saturated rings. The van der Waals surface area contributed by atoms with E-state index in [4.69, 9.17) is 0 Å². The van der Waals surface area contributed by atoms with Gasteiger partial charge in [-0.3, -0.25) is 4.90 Å². The molecule has 3 aromatic rings. The van der Waals surface area contributed by atoms with Gasteiger partial charge in [-0.25, -0.2) is 15.0 Å². The van der Waals surface area contributed by atoms with Crippen LogP contribution in [0.15, 0.2) is 48.1 Å². The molecule has 0 unspecified atom stereocenters. The van der Waals surface area contributed by atoms with E-state index < -0.39 is 0 Å². The Morgan fingerprint density at radius 3 is 2.44 bits per heavy atom. The number of phenolic OH excluding ortho intramolecular Hbond substituents is 1. The largest absolute Gasteiger partial charge is 0.508 e. The summed E-state index contributed by atoms with van der Waals surface area (Å²) in [5, 5.41) is 12.4. The first kappa shape index (κ1) is 16.0. The highest BCUT2D eigenvalue weighted by Crippen LogP contribution is 2.22. The second kappa shape index (κ2) is 7.16. The number of benzene rings is 1. The number of rotatable bonds is 4. The fourth-order valence-corrected chi connectivity index (χ4v) is 3.70. The molecule has 0 saturated carbocycles. The van der Waals surface area contributed by atoms with Crippen LogP contribution in [-0.4, -0.2) is 51.1 Å². The molecule has 0 radical (unpaired) electrons. The minimum atomic E-state index is 0.309. The van der Waals surface area contributed by atoms with E-state index in [1.54, 1.807) is 35.9 Å². The smallest absolute Gasteiger partial charge is 0.188 e. The number of piperazine rings is 1. The summed E-state index contributed by atoms with van der Waals surface area (Å²) in [4.78, 5) is 18.0. The highest BCUT2D eigenvalue weighted by Gasteiger charge is 2.18. The molecule has 0 aliphatic carbocycles. The molecule has 3 heterocycles. The van der Waals surface area contributed by atoms with Crippen molar-refractivity contribution in [3.63, 3.8) is 0 Å². The highest BCUT2D eigenvalue weighted by atomic mass is 32.1. The van der Waals surface area contributed by atoms with E-state index in [1.807, 2.05) is 18.2 Å². The van der Waals surface area contributed by atoms with Gasteiger partial charge in [0.25, 0.3) is 0 Å². The number of phenols is 1. The second-order valence-corrected chi connectivity index (χ2v) is 6.85. The van der Waals surface area contributed by atoms with E-state index in [9.17, 15) is 5.11 Å². The molecule has 4 rings (SSSR count). The van der Waals surface area contributed by atoms with Crippen LogP contribution in [0.4, 0.5) is 5.69 Å². The molecule has 7 heteroatoms. The maximum absolute atomic E-state index is 9.40. The Morgan fingerprint density at radius 2 is 1.72 bits per heavy atom. The molecule has 1 aliphatic rings. The number of anilines is 1. The van der Waals surface area contributed by atoms with Crippen molar-refractivity contribution in [2.75, 3.05) is 31.1 Å². The van der Waals surface area contributed by atoms with Crippen LogP contribution in [0.1, 0.15) is 5.69 Å². The van der Waals surface area contributed by atoms with Gasteiger partial charge in [0.1, 0.15) is 5.75 Å². The zero-order valence-electron chi connectivity index (χ0n) is 13.7. The quantitative estimate of drug-likeness (QED) is 0.778. The average Bonchev–Trinajstić information content (AvgIpc) is 3.12. The third-order valence-corrected chi connectivity index (χ3v) is 5.17. The molecule has 25 heavy (non-hydrogen) atoms. The van der Waals surface area contributed by atoms with Gasteiger partial charge in [0, 0.05) is 56.2 Å². The SMILES string of the molecule is Oc1ccc(N2CCN(Cc3csc(-c4ncccn4)n3)CC2)cc1. The summed E-state index contributed by atoms with van der Waals surface area (Å²) in [5.41, 5.74) is 2.24. The van der Waals surface area contributed by atoms with Crippen molar-refractivity contribution in [2.45, 2.75) is 6.54 Å². The van der Waals surface area contributed by atoms with Gasteiger partial charge in [-0.05, 0) is 30.3 Å². The molecule has 6 nitrogen and oxygen atoms in total. The van der Waals surface area contributed by atoms with Crippen LogP contribution in [0.25, 0.3) is 10.8 Å². The van der Waals surface area contributed by atoms with Crippen LogP contribution in [0.5, 0.6) is 5.75 Å². The average molecular weight is 353 g/mol. The maximum Gasteiger partial charge on any atom is 0.188 e. The van der Waals surface area contributed by atoms with Gasteiger partial charge in [-0.15, -0.1) is 11.3 Å². The summed E-state index contributed by atoms with van der Waals surface area (Å²) in [5.74, 6) is 1.00. The van der Waals surface area contributed by atoms with Crippen LogP contribution in [0.3, 0.4) is 0 Å². The van der Waals surface area contributed by atoms with Crippen molar-refractivity contribution in [1.82, 2.24) is 19.9 Å². The predicted octanol–water partition coefficient (Wildman–Crippen LogP) is 2.63. The number of thiazole rings is 1. The van der Waals surface area contributed by atoms with Crippen molar-refractivity contribution in [2.24, 2.45) is 0 Å². The van der Waals surface area contributed by atoms with Crippen LogP contribution >= 0.6 is 11.3 Å². The normalized spacial score (nSPS) is 15.4. The highest BCUT2D eigenvalue weighted by molar-refractivity contribution is 7.13. The lowest BCUT2D eigenvalue weighted by atomic mass is 10.2. The summed E-state index contributed by atoms with van der Waals surface area (Å²) >= 11 is 1.59. The van der Waals surface area contributed by atoms with Crippen LogP contribution in [0, 0.1) is 0 Å². The Bertz CT molecular complexity index is 813. The molecular formula is C18H19N5OS. The van der Waals surface area contributed by atoms with Crippen molar-refractivity contribution in [1.29, 1.82) is 0 Å². The minimum absolute atomic E-state index is 0.309. The predicted molar refractivity (Wildman–Crippen MR) is 98.7 cm³/mol. The molecule has 2 aromatic heterocycles. The molecule has 128 valence electrons. The molecule has 1 aliphatic heterocycles. The van der Waals surface area contributed by atoms with Gasteiger partial charge in [0.2, 0.25) is 0 Å². The fraction of sp³-hybridized carbons (Fsp3) is 0.278. The molecule has 0 spiro atoms. The number of nitrogens with zero attached hydrogens (tertiary/aromatic N) is 5. The summed E-state index contributed by atoms with van der Waals surface area (Å²) in [6.45, 7) is 4.80. The summed E-state index contributed by atoms with van der Waals surface area (Å²) in [6.07, 6.45) is 3.48. The number of hydrogen-bond acceptors (Lipinski definition) is 7. The summed E-state index contributed by atoms with van der Waals surface area (Å²) < 4.78 is 0. The first-order valence-electron chi connectivity index (χ1n) is 8.26. The number of hydrogen-bond donors (Lipinski definition) is 1. The standard InChI is InChI=1S/C18H19N5OS/c24-16-4-2-15(3-5-16)23-10-8-22(9-11-23)12-14-13-25-18(21-14)17-19-6-1-7-20-17/h1-7,13,24H,8-12H2. The number of aromatic nitrogens is 3. The van der Waals surface area contributed by atoms with E-state index >= 15 is 0 Å². The van der Waals surface area contributed by atoms with Crippen LogP contribution < -0.4 is 4.90 Å². The Morgan fingerprint density at radius 1 is 1.00 bits per heavy atom. The lowest BCUT2D eigenvalue weighted by Crippen LogP contribution is -2.46. The Kier molecular flexibility index (Phi) is 4.58. The van der Waals surface area contributed by atoms with Crippen molar-refractivity contribution in [3.05, 3.63) is 53.8 Å². The zero-order valence-corrected chi connectivity index (χ0v) is 14.6. The molecule has 0 bridgehead atoms. The minimum Gasteiger partial charge on any atom is -0.508 e. The lowest BCUT2D eigenvalue weighted by molar-refractivity contribution is 0.247.